The molecular weight excluding hydrogens is 324 g/mol. The van der Waals surface area contributed by atoms with Crippen molar-refractivity contribution in [1.82, 2.24) is 4.90 Å². The van der Waals surface area contributed by atoms with E-state index in [1.165, 1.54) is 5.56 Å². The highest BCUT2D eigenvalue weighted by molar-refractivity contribution is 6.04. The summed E-state index contributed by atoms with van der Waals surface area (Å²) >= 11 is 0. The van der Waals surface area contributed by atoms with E-state index in [4.69, 9.17) is 4.74 Å². The molecule has 0 aliphatic carbocycles. The zero-order valence-corrected chi connectivity index (χ0v) is 15.4. The Labute approximate surface area is 155 Å². The van der Waals surface area contributed by atoms with Crippen LogP contribution in [0.3, 0.4) is 0 Å². The van der Waals surface area contributed by atoms with Gasteiger partial charge in [-0.3, -0.25) is 9.69 Å². The van der Waals surface area contributed by atoms with Crippen molar-refractivity contribution in [2.24, 2.45) is 0 Å². The third-order valence-corrected chi connectivity index (χ3v) is 5.89. The number of nitrogens with zero attached hydrogens (tertiary/aromatic N) is 2. The summed E-state index contributed by atoms with van der Waals surface area (Å²) in [6, 6.07) is 18.5. The maximum atomic E-state index is 13.2. The van der Waals surface area contributed by atoms with Crippen LogP contribution in [0.25, 0.3) is 0 Å². The summed E-state index contributed by atoms with van der Waals surface area (Å²) in [5, 5.41) is 0. The molecule has 26 heavy (non-hydrogen) atoms. The zero-order valence-electron chi connectivity index (χ0n) is 15.4. The van der Waals surface area contributed by atoms with Gasteiger partial charge in [-0.2, -0.15) is 0 Å². The molecule has 2 aromatic rings. The molecular formula is C22H26N2O2. The van der Waals surface area contributed by atoms with E-state index in [2.05, 4.69) is 23.1 Å². The summed E-state index contributed by atoms with van der Waals surface area (Å²) in [4.78, 5) is 17.5. The second kappa shape index (κ2) is 7.22. The quantitative estimate of drug-likeness (QED) is 0.842. The van der Waals surface area contributed by atoms with Gasteiger partial charge in [0.05, 0.1) is 12.3 Å². The summed E-state index contributed by atoms with van der Waals surface area (Å²) in [7, 11) is 1.75. The maximum Gasteiger partial charge on any atom is 0.232 e. The Kier molecular flexibility index (Phi) is 4.79. The third-order valence-electron chi connectivity index (χ3n) is 5.89. The van der Waals surface area contributed by atoms with Crippen molar-refractivity contribution in [1.29, 1.82) is 0 Å². The highest BCUT2D eigenvalue weighted by Crippen LogP contribution is 2.48. The predicted molar refractivity (Wildman–Crippen MR) is 104 cm³/mol. The number of likely N-dealkylation sites (tertiary alicyclic amines) is 1. The number of hydrogen-bond donors (Lipinski definition) is 0. The fraction of sp³-hybridized carbons (Fsp3) is 0.409. The lowest BCUT2D eigenvalue weighted by Gasteiger charge is -2.47. The van der Waals surface area contributed by atoms with Crippen molar-refractivity contribution >= 4 is 17.3 Å². The second-order valence-electron chi connectivity index (χ2n) is 7.37. The van der Waals surface area contributed by atoms with E-state index in [1.54, 1.807) is 7.11 Å². The Hall–Kier alpha value is -2.17. The number of anilines is 2. The number of piperidine rings is 1. The zero-order chi connectivity index (χ0) is 18.0. The number of rotatable bonds is 4. The molecule has 4 heteroatoms. The highest BCUT2D eigenvalue weighted by atomic mass is 16.5. The summed E-state index contributed by atoms with van der Waals surface area (Å²) in [5.74, 6) is 0.209. The molecule has 2 aliphatic heterocycles. The average Bonchev–Trinajstić information content (AvgIpc) is 2.68. The van der Waals surface area contributed by atoms with Gasteiger partial charge >= 0.3 is 0 Å². The smallest absolute Gasteiger partial charge is 0.232 e. The molecule has 1 spiro atoms. The molecule has 0 unspecified atom stereocenters. The Morgan fingerprint density at radius 2 is 1.69 bits per heavy atom. The standard InChI is InChI=1S/C22H26N2O2/c1-26-16-15-23-13-11-22(12-14-23)17-21(25)24(18-7-3-2-4-8-18)20-10-6-5-9-19(20)22/h2-10H,11-17H2,1H3. The van der Waals surface area contributed by atoms with Crippen LogP contribution in [-0.2, 0) is 14.9 Å². The minimum absolute atomic E-state index is 0.0253. The van der Waals surface area contributed by atoms with Gasteiger partial charge in [-0.1, -0.05) is 36.4 Å². The number of methoxy groups -OCH3 is 1. The lowest BCUT2D eigenvalue weighted by molar-refractivity contribution is -0.120. The highest BCUT2D eigenvalue weighted by Gasteiger charge is 2.45. The predicted octanol–water partition coefficient (Wildman–Crippen LogP) is 3.74. The van der Waals surface area contributed by atoms with Gasteiger partial charge in [-0.25, -0.2) is 0 Å². The van der Waals surface area contributed by atoms with E-state index in [0.717, 1.165) is 50.5 Å². The van der Waals surface area contributed by atoms with Crippen LogP contribution < -0.4 is 4.90 Å². The fourth-order valence-electron chi connectivity index (χ4n) is 4.45. The van der Waals surface area contributed by atoms with E-state index in [9.17, 15) is 4.79 Å². The molecule has 1 amide bonds. The first-order valence-corrected chi connectivity index (χ1v) is 9.42. The van der Waals surface area contributed by atoms with Gasteiger partial charge in [-0.05, 0) is 49.7 Å². The Balaban J connectivity index is 1.66. The van der Waals surface area contributed by atoms with Crippen molar-refractivity contribution < 1.29 is 9.53 Å². The molecule has 4 nitrogen and oxygen atoms in total. The van der Waals surface area contributed by atoms with Gasteiger partial charge in [0, 0.05) is 31.2 Å². The minimum Gasteiger partial charge on any atom is -0.383 e. The molecule has 0 atom stereocenters. The van der Waals surface area contributed by atoms with E-state index < -0.39 is 0 Å². The van der Waals surface area contributed by atoms with E-state index >= 15 is 0 Å². The SMILES string of the molecule is COCCN1CCC2(CC1)CC(=O)N(c1ccccc1)c1ccccc12. The van der Waals surface area contributed by atoms with Crippen molar-refractivity contribution in [3.63, 3.8) is 0 Å². The molecule has 2 aliphatic rings. The number of carbonyl (C=O) groups excluding carboxylic acids is 1. The van der Waals surface area contributed by atoms with Crippen molar-refractivity contribution in [3.8, 4) is 0 Å². The number of amides is 1. The number of fused-ring (bicyclic) bond motifs is 2. The second-order valence-corrected chi connectivity index (χ2v) is 7.37. The molecule has 0 radical (unpaired) electrons. The number of carbonyl (C=O) groups is 1. The largest absolute Gasteiger partial charge is 0.383 e. The van der Waals surface area contributed by atoms with Crippen molar-refractivity contribution in [3.05, 3.63) is 60.2 Å². The number of hydrogen-bond acceptors (Lipinski definition) is 3. The van der Waals surface area contributed by atoms with Gasteiger partial charge in [-0.15, -0.1) is 0 Å². The summed E-state index contributed by atoms with van der Waals surface area (Å²) in [6.45, 7) is 3.79. The van der Waals surface area contributed by atoms with Gasteiger partial charge in [0.1, 0.15) is 0 Å². The molecule has 4 rings (SSSR count). The Bertz CT molecular complexity index is 767. The molecule has 1 fully saturated rings. The monoisotopic (exact) mass is 350 g/mol. The van der Waals surface area contributed by atoms with Crippen molar-refractivity contribution in [2.45, 2.75) is 24.7 Å². The first-order chi connectivity index (χ1) is 12.7. The Morgan fingerprint density at radius 3 is 2.42 bits per heavy atom. The van der Waals surface area contributed by atoms with Gasteiger partial charge < -0.3 is 9.64 Å². The van der Waals surface area contributed by atoms with Crippen LogP contribution >= 0.6 is 0 Å². The number of ether oxygens (including phenoxy) is 1. The van der Waals surface area contributed by atoms with E-state index in [1.807, 2.05) is 41.3 Å². The molecule has 0 aromatic heterocycles. The number of benzene rings is 2. The molecule has 136 valence electrons. The Morgan fingerprint density at radius 1 is 1.00 bits per heavy atom. The minimum atomic E-state index is -0.0253. The van der Waals surface area contributed by atoms with Crippen LogP contribution in [-0.4, -0.2) is 44.2 Å². The normalized spacial score (nSPS) is 19.6. The fourth-order valence-corrected chi connectivity index (χ4v) is 4.45. The summed E-state index contributed by atoms with van der Waals surface area (Å²) < 4.78 is 5.22. The third kappa shape index (κ3) is 3.04. The molecule has 1 saturated heterocycles. The first kappa shape index (κ1) is 17.3. The van der Waals surface area contributed by atoms with Gasteiger partial charge in [0.15, 0.2) is 0 Å². The van der Waals surface area contributed by atoms with E-state index in [0.29, 0.717) is 6.42 Å². The van der Waals surface area contributed by atoms with Crippen molar-refractivity contribution in [2.75, 3.05) is 38.3 Å². The van der Waals surface area contributed by atoms with Crippen LogP contribution in [0.1, 0.15) is 24.8 Å². The molecule has 0 bridgehead atoms. The van der Waals surface area contributed by atoms with Crippen LogP contribution in [0.15, 0.2) is 54.6 Å². The van der Waals surface area contributed by atoms with Crippen LogP contribution in [0.5, 0.6) is 0 Å². The first-order valence-electron chi connectivity index (χ1n) is 9.42. The maximum absolute atomic E-state index is 13.2. The van der Waals surface area contributed by atoms with Crippen LogP contribution in [0.4, 0.5) is 11.4 Å². The summed E-state index contributed by atoms with van der Waals surface area (Å²) in [5.41, 5.74) is 3.31. The topological polar surface area (TPSA) is 32.8 Å². The molecule has 2 aromatic carbocycles. The lowest BCUT2D eigenvalue weighted by atomic mass is 9.67. The average molecular weight is 350 g/mol. The molecule has 0 N–H and O–H groups in total. The van der Waals surface area contributed by atoms with Crippen LogP contribution in [0.2, 0.25) is 0 Å². The number of para-hydroxylation sites is 2. The summed E-state index contributed by atoms with van der Waals surface area (Å²) in [6.07, 6.45) is 2.65. The van der Waals surface area contributed by atoms with Gasteiger partial charge in [0.2, 0.25) is 5.91 Å². The molecule has 0 saturated carbocycles. The van der Waals surface area contributed by atoms with E-state index in [-0.39, 0.29) is 11.3 Å². The van der Waals surface area contributed by atoms with Crippen LogP contribution in [0, 0.1) is 0 Å². The lowest BCUT2D eigenvalue weighted by Crippen LogP contribution is -2.49. The molecule has 2 heterocycles. The van der Waals surface area contributed by atoms with Gasteiger partial charge in [0.25, 0.3) is 0 Å².